The third-order valence-electron chi connectivity index (χ3n) is 14.7. The van der Waals surface area contributed by atoms with E-state index in [2.05, 4.69) is 255 Å². The maximum atomic E-state index is 2.55. The largest absolute Gasteiger partial charge is 0.310 e. The Bertz CT molecular complexity index is 3460. The first-order valence-electron chi connectivity index (χ1n) is 22.8. The Labute approximate surface area is 381 Å². The van der Waals surface area contributed by atoms with Crippen LogP contribution in [0.25, 0.3) is 66.8 Å². The van der Waals surface area contributed by atoms with Gasteiger partial charge in [0.15, 0.2) is 0 Å². The van der Waals surface area contributed by atoms with Crippen LogP contribution < -0.4 is 4.90 Å². The molecule has 1 nitrogen and oxygen atoms in total. The predicted octanol–water partition coefficient (Wildman–Crippen LogP) is 16.8. The Morgan fingerprint density at radius 2 is 0.708 bits per heavy atom. The summed E-state index contributed by atoms with van der Waals surface area (Å²) in [5.74, 6) is 0. The van der Waals surface area contributed by atoms with Gasteiger partial charge in [-0.15, -0.1) is 0 Å². The van der Waals surface area contributed by atoms with Crippen molar-refractivity contribution in [2.24, 2.45) is 0 Å². The SMILES string of the molecule is CC1(C)c2ccccc2-c2ccc(N(c3ccc(-c4ccc(-c5ccccc5)cc4)c(-c4ccccc4)c3)c3cccc4c3-c3ccccc3C43c4ccccc4-c4ccccc43)cc21. The van der Waals surface area contributed by atoms with E-state index in [1.165, 1.54) is 106 Å². The molecule has 0 heterocycles. The molecule has 0 N–H and O–H groups in total. The second kappa shape index (κ2) is 14.3. The van der Waals surface area contributed by atoms with Crippen molar-refractivity contribution in [1.82, 2.24) is 0 Å². The van der Waals surface area contributed by atoms with Crippen molar-refractivity contribution in [1.29, 1.82) is 0 Å². The van der Waals surface area contributed by atoms with Crippen LogP contribution in [0.3, 0.4) is 0 Å². The Balaban J connectivity index is 1.07. The average Bonchev–Trinajstić information content (AvgIpc) is 3.93. The average molecular weight is 828 g/mol. The third kappa shape index (κ3) is 5.39. The molecule has 10 aromatic rings. The fourth-order valence-corrected chi connectivity index (χ4v) is 11.8. The van der Waals surface area contributed by atoms with Crippen LogP contribution in [0.2, 0.25) is 0 Å². The van der Waals surface area contributed by atoms with Gasteiger partial charge in [-0.25, -0.2) is 0 Å². The maximum Gasteiger partial charge on any atom is 0.0726 e. The molecule has 0 radical (unpaired) electrons. The normalized spacial score (nSPS) is 13.9. The first-order chi connectivity index (χ1) is 32.0. The summed E-state index contributed by atoms with van der Waals surface area (Å²) in [4.78, 5) is 2.55. The second-order valence-corrected chi connectivity index (χ2v) is 18.4. The molecule has 65 heavy (non-hydrogen) atoms. The van der Waals surface area contributed by atoms with Crippen molar-refractivity contribution < 1.29 is 0 Å². The fraction of sp³-hybridized carbons (Fsp3) is 0.0625. The molecular weight excluding hydrogens is 783 g/mol. The second-order valence-electron chi connectivity index (χ2n) is 18.4. The zero-order valence-electron chi connectivity index (χ0n) is 36.5. The standard InChI is InChI=1S/C64H45N/c1-63(2)55-26-13-9-22-49(55)52-39-37-47(41-60(52)63)65(46-36-38-48(54(40-46)44-20-7-4-8-21-44)45-34-32-43(33-35-45)42-18-5-3-6-19-42)61-31-17-30-59-62(61)53-25-12-16-29-58(53)64(59)56-27-14-10-23-50(56)51-24-11-15-28-57(51)64/h3-41H,1-2H3. The van der Waals surface area contributed by atoms with Crippen LogP contribution in [0.5, 0.6) is 0 Å². The molecule has 0 saturated heterocycles. The van der Waals surface area contributed by atoms with Gasteiger partial charge in [0, 0.05) is 22.4 Å². The number of anilines is 3. The molecule has 0 aromatic heterocycles. The molecule has 0 aliphatic heterocycles. The van der Waals surface area contributed by atoms with Crippen molar-refractivity contribution in [3.8, 4) is 66.8 Å². The lowest BCUT2D eigenvalue weighted by Gasteiger charge is -2.32. The van der Waals surface area contributed by atoms with Crippen molar-refractivity contribution in [2.45, 2.75) is 24.7 Å². The Kier molecular flexibility index (Phi) is 8.24. The van der Waals surface area contributed by atoms with Gasteiger partial charge in [-0.05, 0) is 125 Å². The van der Waals surface area contributed by atoms with Gasteiger partial charge in [0.25, 0.3) is 0 Å². The molecule has 0 amide bonds. The van der Waals surface area contributed by atoms with Crippen LogP contribution in [-0.4, -0.2) is 0 Å². The highest BCUT2D eigenvalue weighted by atomic mass is 15.1. The van der Waals surface area contributed by atoms with Crippen LogP contribution in [0.15, 0.2) is 237 Å². The van der Waals surface area contributed by atoms with Crippen LogP contribution in [0.1, 0.15) is 47.2 Å². The Hall–Kier alpha value is -8.00. The number of hydrogen-bond donors (Lipinski definition) is 0. The molecule has 13 rings (SSSR count). The molecular formula is C64H45N. The number of nitrogens with zero attached hydrogens (tertiary/aromatic N) is 1. The van der Waals surface area contributed by atoms with E-state index in [9.17, 15) is 0 Å². The highest BCUT2D eigenvalue weighted by Crippen LogP contribution is 2.65. The summed E-state index contributed by atoms with van der Waals surface area (Å²) in [5.41, 5.74) is 25.9. The highest BCUT2D eigenvalue weighted by molar-refractivity contribution is 6.02. The van der Waals surface area contributed by atoms with Crippen molar-refractivity contribution in [3.05, 3.63) is 270 Å². The summed E-state index contributed by atoms with van der Waals surface area (Å²) in [6.07, 6.45) is 0. The Morgan fingerprint density at radius 3 is 1.35 bits per heavy atom. The number of benzene rings is 10. The van der Waals surface area contributed by atoms with Crippen molar-refractivity contribution in [2.75, 3.05) is 4.90 Å². The van der Waals surface area contributed by atoms with E-state index in [0.29, 0.717) is 0 Å². The molecule has 3 aliphatic rings. The molecule has 0 saturated carbocycles. The molecule has 0 bridgehead atoms. The molecule has 0 unspecified atom stereocenters. The lowest BCUT2D eigenvalue weighted by atomic mass is 9.70. The van der Waals surface area contributed by atoms with E-state index in [-0.39, 0.29) is 5.41 Å². The summed E-state index contributed by atoms with van der Waals surface area (Å²) < 4.78 is 0. The van der Waals surface area contributed by atoms with Gasteiger partial charge in [0.1, 0.15) is 0 Å². The molecule has 0 atom stereocenters. The maximum absolute atomic E-state index is 2.55. The van der Waals surface area contributed by atoms with E-state index in [0.717, 1.165) is 11.4 Å². The quantitative estimate of drug-likeness (QED) is 0.161. The minimum Gasteiger partial charge on any atom is -0.310 e. The zero-order chi connectivity index (χ0) is 43.3. The lowest BCUT2D eigenvalue weighted by molar-refractivity contribution is 0.660. The summed E-state index contributed by atoms with van der Waals surface area (Å²) in [7, 11) is 0. The van der Waals surface area contributed by atoms with Gasteiger partial charge in [-0.1, -0.05) is 220 Å². The molecule has 1 spiro atoms. The fourth-order valence-electron chi connectivity index (χ4n) is 11.8. The predicted molar refractivity (Wildman–Crippen MR) is 271 cm³/mol. The molecule has 306 valence electrons. The first-order valence-corrected chi connectivity index (χ1v) is 22.8. The summed E-state index contributed by atoms with van der Waals surface area (Å²) in [5, 5.41) is 0. The Morgan fingerprint density at radius 1 is 0.277 bits per heavy atom. The molecule has 10 aromatic carbocycles. The van der Waals surface area contributed by atoms with Gasteiger partial charge < -0.3 is 4.90 Å². The van der Waals surface area contributed by atoms with Crippen molar-refractivity contribution >= 4 is 17.1 Å². The summed E-state index contributed by atoms with van der Waals surface area (Å²) >= 11 is 0. The summed E-state index contributed by atoms with van der Waals surface area (Å²) in [6, 6.07) is 88.3. The molecule has 1 heteroatoms. The summed E-state index contributed by atoms with van der Waals surface area (Å²) in [6.45, 7) is 4.76. The number of hydrogen-bond acceptors (Lipinski definition) is 1. The first kappa shape index (κ1) is 37.5. The minimum absolute atomic E-state index is 0.162. The van der Waals surface area contributed by atoms with Gasteiger partial charge >= 0.3 is 0 Å². The highest BCUT2D eigenvalue weighted by Gasteiger charge is 2.52. The van der Waals surface area contributed by atoms with E-state index in [1.807, 2.05) is 0 Å². The third-order valence-corrected chi connectivity index (χ3v) is 14.7. The van der Waals surface area contributed by atoms with Crippen molar-refractivity contribution in [3.63, 3.8) is 0 Å². The van der Waals surface area contributed by atoms with E-state index in [4.69, 9.17) is 0 Å². The monoisotopic (exact) mass is 827 g/mol. The lowest BCUT2D eigenvalue weighted by Crippen LogP contribution is -2.26. The van der Waals surface area contributed by atoms with Crippen LogP contribution >= 0.6 is 0 Å². The van der Waals surface area contributed by atoms with E-state index >= 15 is 0 Å². The van der Waals surface area contributed by atoms with Gasteiger partial charge in [0.05, 0.1) is 11.1 Å². The van der Waals surface area contributed by atoms with Crippen LogP contribution in [0.4, 0.5) is 17.1 Å². The van der Waals surface area contributed by atoms with Crippen LogP contribution in [0, 0.1) is 0 Å². The minimum atomic E-state index is -0.451. The smallest absolute Gasteiger partial charge is 0.0726 e. The number of rotatable bonds is 6. The van der Waals surface area contributed by atoms with Gasteiger partial charge in [-0.3, -0.25) is 0 Å². The van der Waals surface area contributed by atoms with Gasteiger partial charge in [-0.2, -0.15) is 0 Å². The molecule has 3 aliphatic carbocycles. The van der Waals surface area contributed by atoms with Crippen LogP contribution in [-0.2, 0) is 10.8 Å². The zero-order valence-corrected chi connectivity index (χ0v) is 36.5. The van der Waals surface area contributed by atoms with Gasteiger partial charge in [0.2, 0.25) is 0 Å². The molecule has 0 fully saturated rings. The van der Waals surface area contributed by atoms with E-state index in [1.54, 1.807) is 0 Å². The van der Waals surface area contributed by atoms with E-state index < -0.39 is 5.41 Å². The number of fused-ring (bicyclic) bond motifs is 13. The topological polar surface area (TPSA) is 3.24 Å².